The van der Waals surface area contributed by atoms with Gasteiger partial charge in [0.15, 0.2) is 0 Å². The summed E-state index contributed by atoms with van der Waals surface area (Å²) in [7, 11) is 0. The number of pyridine rings is 4. The molecule has 2 N–H and O–H groups in total. The van der Waals surface area contributed by atoms with E-state index >= 15 is 0 Å². The molecule has 232 valence electrons. The molecule has 46 heavy (non-hydrogen) atoms. The van der Waals surface area contributed by atoms with Gasteiger partial charge < -0.3 is 20.3 Å². The third-order valence-corrected chi connectivity index (χ3v) is 8.27. The van der Waals surface area contributed by atoms with Gasteiger partial charge in [0, 0.05) is 36.6 Å². The Hall–Kier alpha value is -5.44. The first-order valence-corrected chi connectivity index (χ1v) is 14.6. The Labute approximate surface area is 272 Å². The highest BCUT2D eigenvalue weighted by molar-refractivity contribution is 6.30. The van der Waals surface area contributed by atoms with E-state index in [4.69, 9.17) is 36.3 Å². The molecule has 0 atom stereocenters. The molecular weight excluding hydrogens is 635 g/mol. The fraction of sp³-hybridized carbons (Fsp3) is 0.267. The van der Waals surface area contributed by atoms with Crippen LogP contribution in [0.5, 0.6) is 0 Å². The molecule has 0 radical (unpaired) electrons. The number of rotatable bonds is 8. The highest BCUT2D eigenvalue weighted by atomic mass is 35.5. The van der Waals surface area contributed by atoms with Crippen molar-refractivity contribution in [2.45, 2.75) is 48.8 Å². The zero-order valence-electron chi connectivity index (χ0n) is 23.9. The lowest BCUT2D eigenvalue weighted by Gasteiger charge is -2.38. The van der Waals surface area contributed by atoms with Crippen LogP contribution in [0.2, 0.25) is 10.3 Å². The number of nitro groups is 2. The lowest BCUT2D eigenvalue weighted by Crippen LogP contribution is -2.46. The van der Waals surface area contributed by atoms with Crippen molar-refractivity contribution in [3.63, 3.8) is 0 Å². The molecule has 14 nitrogen and oxygen atoms in total. The predicted octanol–water partition coefficient (Wildman–Crippen LogP) is 6.85. The molecule has 0 aliphatic heterocycles. The number of nitrogens with one attached hydrogen (secondary N) is 2. The lowest BCUT2D eigenvalue weighted by molar-refractivity contribution is -0.384. The lowest BCUT2D eigenvalue weighted by atomic mass is 9.70. The maximum atomic E-state index is 11.0. The normalized spacial score (nSPS) is 22.7. The fourth-order valence-corrected chi connectivity index (χ4v) is 5.83. The molecule has 4 aromatic heterocycles. The average Bonchev–Trinajstić information content (AvgIpc) is 3.01. The summed E-state index contributed by atoms with van der Waals surface area (Å²) >= 11 is 11.6. The van der Waals surface area contributed by atoms with E-state index in [0.29, 0.717) is 37.1 Å². The molecule has 2 fully saturated rings. The third-order valence-electron chi connectivity index (χ3n) is 7.86. The van der Waals surface area contributed by atoms with E-state index in [1.165, 1.54) is 12.1 Å². The van der Waals surface area contributed by atoms with Gasteiger partial charge in [0.2, 0.25) is 0 Å². The molecule has 4 heterocycles. The second-order valence-electron chi connectivity index (χ2n) is 10.8. The van der Waals surface area contributed by atoms with Crippen LogP contribution in [0.1, 0.15) is 37.1 Å². The first-order chi connectivity index (χ1) is 22.1. The van der Waals surface area contributed by atoms with Crippen molar-refractivity contribution in [1.82, 2.24) is 19.9 Å². The van der Waals surface area contributed by atoms with Crippen LogP contribution in [0, 0.1) is 33.4 Å². The van der Waals surface area contributed by atoms with Crippen molar-refractivity contribution in [3.8, 4) is 0 Å². The van der Waals surface area contributed by atoms with Crippen molar-refractivity contribution in [3.05, 3.63) is 138 Å². The number of aromatic nitrogens is 4. The number of anilines is 2. The van der Waals surface area contributed by atoms with E-state index < -0.39 is 20.9 Å². The highest BCUT2D eigenvalue weighted by Gasteiger charge is 2.54. The fourth-order valence-electron chi connectivity index (χ4n) is 5.51. The van der Waals surface area contributed by atoms with Crippen molar-refractivity contribution < 1.29 is 9.85 Å². The average molecular weight is 659 g/mol. The minimum atomic E-state index is -0.662. The molecule has 6 rings (SSSR count). The van der Waals surface area contributed by atoms with Crippen LogP contribution < -0.4 is 10.6 Å². The smallest absolute Gasteiger partial charge is 0.310 e. The van der Waals surface area contributed by atoms with Gasteiger partial charge in [-0.15, -0.1) is 0 Å². The number of hydrogen-bond acceptors (Lipinski definition) is 10. The molecule has 0 saturated heterocycles. The minimum absolute atomic E-state index is 0.0525. The van der Waals surface area contributed by atoms with Crippen LogP contribution >= 0.6 is 23.2 Å². The SMILES string of the molecule is [C-]#[N+]C1(c2ccccn2)CC(Nc2cc(Cl)ncc2[N+](=O)[O-])C1.[C-]#[N+]C1(c2ccccn2)CC(Nc2cc(Cl)ncc2[N+](=O)[O-])C1. The minimum Gasteiger partial charge on any atom is -0.376 e. The Kier molecular flexibility index (Phi) is 9.23. The van der Waals surface area contributed by atoms with Gasteiger partial charge in [-0.05, 0) is 24.3 Å². The Bertz CT molecular complexity index is 1700. The molecule has 2 aliphatic rings. The standard InChI is InChI=1S/2C15H12ClN5O2/c2*1-17-15(13-4-2-3-5-18-13)7-10(8-15)20-11-6-14(16)19-9-12(11)21(22)23/h2*2-6,9-10H,7-8H2,(H,19,20). The van der Waals surface area contributed by atoms with Crippen LogP contribution in [0.25, 0.3) is 9.69 Å². The van der Waals surface area contributed by atoms with Gasteiger partial charge in [-0.2, -0.15) is 0 Å². The first-order valence-electron chi connectivity index (χ1n) is 13.8. The highest BCUT2D eigenvalue weighted by Crippen LogP contribution is 2.47. The van der Waals surface area contributed by atoms with Crippen molar-refractivity contribution in [2.24, 2.45) is 0 Å². The van der Waals surface area contributed by atoms with Crippen molar-refractivity contribution >= 4 is 46.0 Å². The summed E-state index contributed by atoms with van der Waals surface area (Å²) in [5.74, 6) is 0. The molecule has 0 spiro atoms. The summed E-state index contributed by atoms with van der Waals surface area (Å²) in [6.07, 6.45) is 7.71. The zero-order valence-corrected chi connectivity index (χ0v) is 25.4. The van der Waals surface area contributed by atoms with Crippen LogP contribution in [0.4, 0.5) is 22.7 Å². The number of hydrogen-bond donors (Lipinski definition) is 2. The van der Waals surface area contributed by atoms with Gasteiger partial charge in [-0.3, -0.25) is 30.2 Å². The molecular formula is C30H24Cl2N10O4. The van der Waals surface area contributed by atoms with Gasteiger partial charge in [-0.25, -0.2) is 23.1 Å². The van der Waals surface area contributed by atoms with Gasteiger partial charge in [0.25, 0.3) is 11.1 Å². The molecule has 2 aliphatic carbocycles. The Morgan fingerprint density at radius 1 is 0.717 bits per heavy atom. The van der Waals surface area contributed by atoms with E-state index in [1.54, 1.807) is 24.5 Å². The van der Waals surface area contributed by atoms with Gasteiger partial charge >= 0.3 is 11.4 Å². The van der Waals surface area contributed by atoms with E-state index in [-0.39, 0.29) is 33.8 Å². The summed E-state index contributed by atoms with van der Waals surface area (Å²) in [6, 6.07) is 13.7. The first kappa shape index (κ1) is 32.0. The van der Waals surface area contributed by atoms with E-state index in [9.17, 15) is 20.2 Å². The number of halogens is 2. The largest absolute Gasteiger partial charge is 0.376 e. The van der Waals surface area contributed by atoms with E-state index in [0.717, 1.165) is 23.8 Å². The van der Waals surface area contributed by atoms with Gasteiger partial charge in [0.05, 0.1) is 35.5 Å². The molecule has 0 amide bonds. The quantitative estimate of drug-likeness (QED) is 0.0882. The maximum Gasteiger partial charge on any atom is 0.310 e. The van der Waals surface area contributed by atoms with Crippen LogP contribution in [0.3, 0.4) is 0 Å². The Balaban J connectivity index is 0.000000181. The third kappa shape index (κ3) is 6.63. The monoisotopic (exact) mass is 658 g/mol. The molecule has 0 aromatic carbocycles. The predicted molar refractivity (Wildman–Crippen MR) is 170 cm³/mol. The summed E-state index contributed by atoms with van der Waals surface area (Å²) < 4.78 is 0. The molecule has 16 heteroatoms. The summed E-state index contributed by atoms with van der Waals surface area (Å²) in [6.45, 7) is 15.0. The van der Waals surface area contributed by atoms with Crippen LogP contribution in [-0.2, 0) is 11.1 Å². The second kappa shape index (κ2) is 13.3. The van der Waals surface area contributed by atoms with Gasteiger partial charge in [-0.1, -0.05) is 35.3 Å². The summed E-state index contributed by atoms with van der Waals surface area (Å²) in [5, 5.41) is 28.6. The molecule has 4 aromatic rings. The maximum absolute atomic E-state index is 11.0. The van der Waals surface area contributed by atoms with E-state index in [1.807, 2.05) is 24.3 Å². The van der Waals surface area contributed by atoms with Crippen molar-refractivity contribution in [2.75, 3.05) is 10.6 Å². The summed E-state index contributed by atoms with van der Waals surface area (Å²) in [5.41, 5.74) is 0.514. The van der Waals surface area contributed by atoms with Crippen LogP contribution in [0.15, 0.2) is 73.3 Å². The summed E-state index contributed by atoms with van der Waals surface area (Å²) in [4.78, 5) is 44.5. The molecule has 2 saturated carbocycles. The topological polar surface area (TPSA) is 171 Å². The van der Waals surface area contributed by atoms with E-state index in [2.05, 4.69) is 40.3 Å². The Morgan fingerprint density at radius 2 is 1.11 bits per heavy atom. The van der Waals surface area contributed by atoms with Crippen molar-refractivity contribution in [1.29, 1.82) is 0 Å². The van der Waals surface area contributed by atoms with Crippen LogP contribution in [-0.4, -0.2) is 41.9 Å². The number of nitrogens with zero attached hydrogens (tertiary/aromatic N) is 8. The molecule has 0 unspecified atom stereocenters. The second-order valence-corrected chi connectivity index (χ2v) is 11.6. The molecule has 0 bridgehead atoms. The van der Waals surface area contributed by atoms with Gasteiger partial charge in [0.1, 0.15) is 45.5 Å². The zero-order chi connectivity index (χ0) is 32.9. The Morgan fingerprint density at radius 3 is 1.41 bits per heavy atom.